The van der Waals surface area contributed by atoms with E-state index in [2.05, 4.69) is 33.9 Å². The summed E-state index contributed by atoms with van der Waals surface area (Å²) in [7, 11) is 0. The van der Waals surface area contributed by atoms with E-state index in [9.17, 15) is 0 Å². The molecule has 0 saturated carbocycles. The largest absolute Gasteiger partial charge is 0.403 e. The third kappa shape index (κ3) is 4.65. The van der Waals surface area contributed by atoms with E-state index in [1.807, 2.05) is 0 Å². The van der Waals surface area contributed by atoms with Crippen molar-refractivity contribution in [2.24, 2.45) is 11.1 Å². The van der Waals surface area contributed by atoms with Crippen molar-refractivity contribution in [1.29, 1.82) is 0 Å². The number of hydrogen-bond donors (Lipinski definition) is 1. The molecule has 0 aromatic carbocycles. The lowest BCUT2D eigenvalue weighted by Gasteiger charge is -2.21. The van der Waals surface area contributed by atoms with Gasteiger partial charge in [0.05, 0.1) is 0 Å². The highest BCUT2D eigenvalue weighted by Gasteiger charge is 2.13. The van der Waals surface area contributed by atoms with Crippen molar-refractivity contribution in [2.75, 3.05) is 0 Å². The first-order valence-electron chi connectivity index (χ1n) is 3.95. The zero-order valence-corrected chi connectivity index (χ0v) is 7.91. The highest BCUT2D eigenvalue weighted by molar-refractivity contribution is 5.07. The topological polar surface area (TPSA) is 26.0 Å². The molecule has 0 saturated heterocycles. The van der Waals surface area contributed by atoms with Crippen LogP contribution in [-0.4, -0.2) is 0 Å². The fraction of sp³-hybridized carbons (Fsp3) is 0.600. The monoisotopic (exact) mass is 153 g/mol. The summed E-state index contributed by atoms with van der Waals surface area (Å²) in [5.74, 6) is 0. The molecule has 0 aliphatic heterocycles. The Morgan fingerprint density at radius 1 is 1.18 bits per heavy atom. The Bertz CT molecular complexity index is 160. The van der Waals surface area contributed by atoms with Crippen LogP contribution in [0.4, 0.5) is 0 Å². The van der Waals surface area contributed by atoms with Crippen molar-refractivity contribution < 1.29 is 0 Å². The molecule has 0 aliphatic rings. The average Bonchev–Trinajstić information content (AvgIpc) is 1.80. The first kappa shape index (κ1) is 10.3. The van der Waals surface area contributed by atoms with E-state index < -0.39 is 0 Å². The average molecular weight is 153 g/mol. The molecule has 0 aromatic rings. The van der Waals surface area contributed by atoms with Crippen molar-refractivity contribution in [3.63, 3.8) is 0 Å². The summed E-state index contributed by atoms with van der Waals surface area (Å²) in [6.45, 7) is 14.1. The third-order valence-electron chi connectivity index (χ3n) is 1.81. The number of allylic oxidation sites excluding steroid dienone is 2. The Balaban J connectivity index is 3.80. The van der Waals surface area contributed by atoms with E-state index in [0.29, 0.717) is 0 Å². The Morgan fingerprint density at radius 3 is 1.91 bits per heavy atom. The molecule has 0 unspecified atom stereocenters. The lowest BCUT2D eigenvalue weighted by molar-refractivity contribution is 0.484. The molecule has 0 atom stereocenters. The van der Waals surface area contributed by atoms with E-state index in [-0.39, 0.29) is 5.41 Å². The molecule has 0 amide bonds. The van der Waals surface area contributed by atoms with E-state index in [1.54, 1.807) is 0 Å². The minimum atomic E-state index is 0.204. The zero-order chi connectivity index (χ0) is 9.07. The smallest absolute Gasteiger partial charge is 0.00107 e. The van der Waals surface area contributed by atoms with Gasteiger partial charge in [-0.05, 0) is 18.3 Å². The maximum Gasteiger partial charge on any atom is 0.00107 e. The third-order valence-corrected chi connectivity index (χ3v) is 1.81. The predicted molar refractivity (Wildman–Crippen MR) is 51.2 cm³/mol. The number of hydrogen-bond acceptors (Lipinski definition) is 1. The summed E-state index contributed by atoms with van der Waals surface area (Å²) in [6.07, 6.45) is 1.81. The molecule has 0 aromatic heterocycles. The molecule has 64 valence electrons. The van der Waals surface area contributed by atoms with Gasteiger partial charge in [-0.2, -0.15) is 0 Å². The summed E-state index contributed by atoms with van der Waals surface area (Å²) >= 11 is 0. The second-order valence-electron chi connectivity index (χ2n) is 4.01. The molecule has 0 heterocycles. The van der Waals surface area contributed by atoms with Crippen LogP contribution in [0.15, 0.2) is 24.4 Å². The molecular weight excluding hydrogens is 134 g/mol. The molecule has 11 heavy (non-hydrogen) atoms. The summed E-state index contributed by atoms with van der Waals surface area (Å²) in [5.41, 5.74) is 7.64. The van der Waals surface area contributed by atoms with Gasteiger partial charge in [0.25, 0.3) is 0 Å². The van der Waals surface area contributed by atoms with Crippen LogP contribution < -0.4 is 5.73 Å². The maximum absolute atomic E-state index is 5.45. The Labute approximate surface area is 70.0 Å². The van der Waals surface area contributed by atoms with Crippen molar-refractivity contribution >= 4 is 0 Å². The highest BCUT2D eigenvalue weighted by Crippen LogP contribution is 2.27. The van der Waals surface area contributed by atoms with E-state index in [1.165, 1.54) is 5.57 Å². The van der Waals surface area contributed by atoms with Crippen molar-refractivity contribution in [3.05, 3.63) is 24.4 Å². The molecule has 1 nitrogen and oxygen atoms in total. The SMILES string of the molecule is C=C(N)CCC(=C)C(C)(C)C. The standard InChI is InChI=1S/C10H19N/c1-8(10(3,4)5)6-7-9(2)11/h1-2,6-7,11H2,3-5H3. The van der Waals surface area contributed by atoms with Gasteiger partial charge in [0, 0.05) is 5.70 Å². The summed E-state index contributed by atoms with van der Waals surface area (Å²) in [6, 6.07) is 0. The van der Waals surface area contributed by atoms with Gasteiger partial charge in [0.15, 0.2) is 0 Å². The van der Waals surface area contributed by atoms with Crippen LogP contribution in [0.3, 0.4) is 0 Å². The molecule has 0 bridgehead atoms. The van der Waals surface area contributed by atoms with E-state index >= 15 is 0 Å². The zero-order valence-electron chi connectivity index (χ0n) is 7.91. The normalized spacial score (nSPS) is 11.2. The van der Waals surface area contributed by atoms with Crippen LogP contribution in [0.1, 0.15) is 33.6 Å². The Kier molecular flexibility index (Phi) is 3.37. The Morgan fingerprint density at radius 2 is 1.64 bits per heavy atom. The van der Waals surface area contributed by atoms with Gasteiger partial charge in [-0.15, -0.1) is 0 Å². The number of rotatable bonds is 3. The lowest BCUT2D eigenvalue weighted by atomic mass is 9.85. The van der Waals surface area contributed by atoms with Gasteiger partial charge in [-0.1, -0.05) is 39.5 Å². The lowest BCUT2D eigenvalue weighted by Crippen LogP contribution is -2.09. The maximum atomic E-state index is 5.45. The van der Waals surface area contributed by atoms with Crippen LogP contribution >= 0.6 is 0 Å². The van der Waals surface area contributed by atoms with E-state index in [0.717, 1.165) is 18.5 Å². The van der Waals surface area contributed by atoms with Crippen LogP contribution in [0.5, 0.6) is 0 Å². The van der Waals surface area contributed by atoms with Crippen molar-refractivity contribution in [3.8, 4) is 0 Å². The fourth-order valence-corrected chi connectivity index (χ4v) is 0.686. The van der Waals surface area contributed by atoms with Gasteiger partial charge >= 0.3 is 0 Å². The molecule has 2 N–H and O–H groups in total. The molecule has 0 aliphatic carbocycles. The first-order chi connectivity index (χ1) is 4.84. The summed E-state index contributed by atoms with van der Waals surface area (Å²) < 4.78 is 0. The second kappa shape index (κ2) is 3.61. The van der Waals surface area contributed by atoms with Gasteiger partial charge in [0.1, 0.15) is 0 Å². The fourth-order valence-electron chi connectivity index (χ4n) is 0.686. The van der Waals surface area contributed by atoms with Gasteiger partial charge in [-0.25, -0.2) is 0 Å². The molecule has 0 spiro atoms. The van der Waals surface area contributed by atoms with Gasteiger partial charge in [-0.3, -0.25) is 0 Å². The molecule has 0 fully saturated rings. The quantitative estimate of drug-likeness (QED) is 0.620. The van der Waals surface area contributed by atoms with Crippen LogP contribution in [0, 0.1) is 5.41 Å². The molecule has 1 heteroatoms. The summed E-state index contributed by atoms with van der Waals surface area (Å²) in [4.78, 5) is 0. The molecule has 0 rings (SSSR count). The molecule has 0 radical (unpaired) electrons. The molecular formula is C10H19N. The van der Waals surface area contributed by atoms with Gasteiger partial charge in [0.2, 0.25) is 0 Å². The van der Waals surface area contributed by atoms with Gasteiger partial charge < -0.3 is 5.73 Å². The Hall–Kier alpha value is -0.720. The predicted octanol–water partition coefficient (Wildman–Crippen LogP) is 2.84. The van der Waals surface area contributed by atoms with E-state index in [4.69, 9.17) is 5.73 Å². The minimum absolute atomic E-state index is 0.204. The van der Waals surface area contributed by atoms with Crippen LogP contribution in [0.2, 0.25) is 0 Å². The second-order valence-corrected chi connectivity index (χ2v) is 4.01. The minimum Gasteiger partial charge on any atom is -0.403 e. The number of nitrogens with two attached hydrogens (primary N) is 1. The summed E-state index contributed by atoms with van der Waals surface area (Å²) in [5, 5.41) is 0. The first-order valence-corrected chi connectivity index (χ1v) is 3.95. The van der Waals surface area contributed by atoms with Crippen LogP contribution in [-0.2, 0) is 0 Å². The highest BCUT2D eigenvalue weighted by atomic mass is 14.6. The van der Waals surface area contributed by atoms with Crippen molar-refractivity contribution in [2.45, 2.75) is 33.6 Å². The van der Waals surface area contributed by atoms with Crippen molar-refractivity contribution in [1.82, 2.24) is 0 Å². The van der Waals surface area contributed by atoms with Crippen LogP contribution in [0.25, 0.3) is 0 Å².